The summed E-state index contributed by atoms with van der Waals surface area (Å²) < 4.78 is 16.6. The van der Waals surface area contributed by atoms with Gasteiger partial charge >= 0.3 is 0 Å². The van der Waals surface area contributed by atoms with Crippen LogP contribution in [0.5, 0.6) is 17.2 Å². The van der Waals surface area contributed by atoms with Crippen LogP contribution in [0.2, 0.25) is 0 Å². The number of nitrogens with zero attached hydrogens (tertiary/aromatic N) is 1. The van der Waals surface area contributed by atoms with E-state index in [2.05, 4.69) is 5.32 Å². The van der Waals surface area contributed by atoms with E-state index < -0.39 is 29.2 Å². The molecule has 0 radical (unpaired) electrons. The van der Waals surface area contributed by atoms with Crippen LogP contribution in [-0.2, 0) is 10.2 Å². The average Bonchev–Trinajstić information content (AvgIpc) is 3.55. The Bertz CT molecular complexity index is 1870. The highest BCUT2D eigenvalue weighted by atomic mass is 16.5. The number of carbonyl (C=O) groups is 3. The van der Waals surface area contributed by atoms with Crippen LogP contribution in [0, 0.1) is 5.92 Å². The number of ketones is 2. The molecule has 1 amide bonds. The van der Waals surface area contributed by atoms with Crippen molar-refractivity contribution in [1.29, 1.82) is 0 Å². The van der Waals surface area contributed by atoms with Crippen molar-refractivity contribution in [2.75, 3.05) is 31.5 Å². The molecule has 8 heteroatoms. The topological polar surface area (TPSA) is 94.2 Å². The van der Waals surface area contributed by atoms with Gasteiger partial charge in [-0.05, 0) is 53.6 Å². The number of Topliss-reactive ketones (excluding diaryl/α,β-unsaturated/α-hetero) is 2. The smallest absolute Gasteiger partial charge is 0.238 e. The molecule has 0 aromatic heterocycles. The van der Waals surface area contributed by atoms with Crippen molar-refractivity contribution in [2.45, 2.75) is 17.5 Å². The molecule has 4 atom stereocenters. The molecule has 0 bridgehead atoms. The molecule has 8 nitrogen and oxygen atoms in total. The van der Waals surface area contributed by atoms with Crippen LogP contribution in [0.25, 0.3) is 6.08 Å². The van der Waals surface area contributed by atoms with Gasteiger partial charge in [0.25, 0.3) is 0 Å². The maximum atomic E-state index is 15.2. The molecule has 44 heavy (non-hydrogen) atoms. The first-order chi connectivity index (χ1) is 21.4. The zero-order valence-electron chi connectivity index (χ0n) is 24.4. The number of hydrogen-bond acceptors (Lipinski definition) is 7. The maximum absolute atomic E-state index is 15.2. The van der Waals surface area contributed by atoms with Gasteiger partial charge in [0.2, 0.25) is 5.91 Å². The first-order valence-electron chi connectivity index (χ1n) is 14.3. The van der Waals surface area contributed by atoms with Gasteiger partial charge in [-0.1, -0.05) is 60.7 Å². The van der Waals surface area contributed by atoms with E-state index >= 15 is 4.79 Å². The third-order valence-corrected chi connectivity index (χ3v) is 9.12. The molecule has 1 N–H and O–H groups in total. The van der Waals surface area contributed by atoms with Gasteiger partial charge in [0.1, 0.15) is 28.7 Å². The first-order valence-corrected chi connectivity index (χ1v) is 14.3. The van der Waals surface area contributed by atoms with Crippen LogP contribution in [-0.4, -0.2) is 50.9 Å². The fraction of sp³-hybridized carbons (Fsp3) is 0.194. The molecule has 1 saturated heterocycles. The number of benzene rings is 4. The van der Waals surface area contributed by atoms with E-state index in [0.29, 0.717) is 34.1 Å². The third-order valence-electron chi connectivity index (χ3n) is 9.12. The van der Waals surface area contributed by atoms with Gasteiger partial charge < -0.3 is 24.4 Å². The SMILES string of the molecule is COc1cccc(C(=O)C2C(C(=O)c3cc(OC)ccc3OC)C3(C(=O)Nc4ccccc43)C3C=Cc4ccccc4N23)c1. The van der Waals surface area contributed by atoms with Crippen molar-refractivity contribution in [3.05, 3.63) is 119 Å². The standard InChI is InChI=1S/C36H30N2O6/c1-42-23-11-8-10-22(19-23)33(39)32-31(34(40)25-20-24(43-2)16-17-29(25)44-3)36(26-12-5-6-13-27(26)37-35(36)41)30-18-15-21-9-4-7-14-28(21)38(30)32/h4-20,30-32H,1-3H3,(H,37,41). The van der Waals surface area contributed by atoms with Crippen molar-refractivity contribution >= 4 is 34.9 Å². The highest BCUT2D eigenvalue weighted by Gasteiger charge is 2.70. The number of methoxy groups -OCH3 is 3. The molecule has 4 unspecified atom stereocenters. The molecular formula is C36H30N2O6. The largest absolute Gasteiger partial charge is 0.497 e. The van der Waals surface area contributed by atoms with Gasteiger partial charge in [-0.2, -0.15) is 0 Å². The number of amides is 1. The Labute approximate surface area is 254 Å². The third kappa shape index (κ3) is 3.80. The summed E-state index contributed by atoms with van der Waals surface area (Å²) in [4.78, 5) is 46.6. The zero-order chi connectivity index (χ0) is 30.6. The zero-order valence-corrected chi connectivity index (χ0v) is 24.4. The lowest BCUT2D eigenvalue weighted by atomic mass is 9.64. The quantitative estimate of drug-likeness (QED) is 0.283. The van der Waals surface area contributed by atoms with Gasteiger partial charge in [-0.25, -0.2) is 0 Å². The summed E-state index contributed by atoms with van der Waals surface area (Å²) in [7, 11) is 4.55. The van der Waals surface area contributed by atoms with E-state index in [4.69, 9.17) is 14.2 Å². The Hall–Kier alpha value is -5.37. The maximum Gasteiger partial charge on any atom is 0.238 e. The van der Waals surface area contributed by atoms with Gasteiger partial charge in [-0.3, -0.25) is 14.4 Å². The number of para-hydroxylation sites is 2. The molecule has 7 rings (SSSR count). The average molecular weight is 587 g/mol. The fourth-order valence-electron chi connectivity index (χ4n) is 7.24. The highest BCUT2D eigenvalue weighted by Crippen LogP contribution is 2.58. The van der Waals surface area contributed by atoms with E-state index in [1.54, 1.807) is 42.5 Å². The number of hydrogen-bond donors (Lipinski definition) is 1. The molecule has 3 aliphatic rings. The molecule has 4 aromatic rings. The van der Waals surface area contributed by atoms with E-state index in [0.717, 1.165) is 11.3 Å². The minimum atomic E-state index is -1.44. The van der Waals surface area contributed by atoms with Crippen LogP contribution >= 0.6 is 0 Å². The minimum Gasteiger partial charge on any atom is -0.497 e. The van der Waals surface area contributed by atoms with Gasteiger partial charge in [0.15, 0.2) is 11.6 Å². The predicted octanol–water partition coefficient (Wildman–Crippen LogP) is 5.57. The van der Waals surface area contributed by atoms with Gasteiger partial charge in [-0.15, -0.1) is 0 Å². The normalized spacial score (nSPS) is 22.6. The number of anilines is 2. The molecule has 3 aliphatic heterocycles. The Morgan fingerprint density at radius 1 is 0.795 bits per heavy atom. The van der Waals surface area contributed by atoms with Crippen LogP contribution in [0.15, 0.2) is 97.1 Å². The summed E-state index contributed by atoms with van der Waals surface area (Å²) >= 11 is 0. The van der Waals surface area contributed by atoms with Crippen LogP contribution in [0.3, 0.4) is 0 Å². The lowest BCUT2D eigenvalue weighted by Crippen LogP contribution is -2.51. The molecule has 3 heterocycles. The number of nitrogens with one attached hydrogen (secondary N) is 1. The number of fused-ring (bicyclic) bond motifs is 6. The number of ether oxygens (including phenoxy) is 3. The number of carbonyl (C=O) groups excluding carboxylic acids is 3. The summed E-state index contributed by atoms with van der Waals surface area (Å²) in [6.45, 7) is 0. The van der Waals surface area contributed by atoms with Gasteiger partial charge in [0.05, 0.1) is 38.9 Å². The Morgan fingerprint density at radius 3 is 2.34 bits per heavy atom. The lowest BCUT2D eigenvalue weighted by Gasteiger charge is -2.37. The number of rotatable bonds is 7. The molecule has 0 saturated carbocycles. The molecule has 1 fully saturated rings. The van der Waals surface area contributed by atoms with E-state index in [9.17, 15) is 9.59 Å². The Morgan fingerprint density at radius 2 is 1.55 bits per heavy atom. The second kappa shape index (κ2) is 10.4. The van der Waals surface area contributed by atoms with Crippen molar-refractivity contribution in [3.8, 4) is 17.2 Å². The molecule has 1 spiro atoms. The summed E-state index contributed by atoms with van der Waals surface area (Å²) in [6, 6.07) is 25.3. The summed E-state index contributed by atoms with van der Waals surface area (Å²) in [6.07, 6.45) is 3.92. The summed E-state index contributed by atoms with van der Waals surface area (Å²) in [5.41, 5.74) is 2.12. The van der Waals surface area contributed by atoms with Crippen molar-refractivity contribution in [1.82, 2.24) is 0 Å². The summed E-state index contributed by atoms with van der Waals surface area (Å²) in [5, 5.41) is 3.05. The fourth-order valence-corrected chi connectivity index (χ4v) is 7.24. The van der Waals surface area contributed by atoms with Crippen LogP contribution < -0.4 is 24.4 Å². The Kier molecular flexibility index (Phi) is 6.50. The lowest BCUT2D eigenvalue weighted by molar-refractivity contribution is -0.121. The highest BCUT2D eigenvalue weighted by molar-refractivity contribution is 6.19. The molecule has 4 aromatic carbocycles. The first kappa shape index (κ1) is 27.5. The van der Waals surface area contributed by atoms with Crippen LogP contribution in [0.4, 0.5) is 11.4 Å². The van der Waals surface area contributed by atoms with Crippen molar-refractivity contribution in [2.24, 2.45) is 5.92 Å². The molecule has 0 aliphatic carbocycles. The molecule has 220 valence electrons. The van der Waals surface area contributed by atoms with Crippen molar-refractivity contribution in [3.63, 3.8) is 0 Å². The van der Waals surface area contributed by atoms with E-state index in [-0.39, 0.29) is 17.3 Å². The predicted molar refractivity (Wildman–Crippen MR) is 167 cm³/mol. The van der Waals surface area contributed by atoms with Crippen molar-refractivity contribution < 1.29 is 28.6 Å². The summed E-state index contributed by atoms with van der Waals surface area (Å²) in [5.74, 6) is -0.879. The van der Waals surface area contributed by atoms with E-state index in [1.807, 2.05) is 65.6 Å². The second-order valence-electron chi connectivity index (χ2n) is 11.1. The molecular weight excluding hydrogens is 556 g/mol. The minimum absolute atomic E-state index is 0.231. The second-order valence-corrected chi connectivity index (χ2v) is 11.1. The Balaban J connectivity index is 1.55. The van der Waals surface area contributed by atoms with Crippen LogP contribution in [0.1, 0.15) is 31.8 Å². The monoisotopic (exact) mass is 586 g/mol. The van der Waals surface area contributed by atoms with Gasteiger partial charge in [0, 0.05) is 16.9 Å². The van der Waals surface area contributed by atoms with E-state index in [1.165, 1.54) is 21.3 Å².